The second kappa shape index (κ2) is 7.14. The summed E-state index contributed by atoms with van der Waals surface area (Å²) in [5, 5.41) is 3.47. The van der Waals surface area contributed by atoms with E-state index in [2.05, 4.69) is 12.2 Å². The second-order valence-electron chi connectivity index (χ2n) is 4.75. The molecule has 1 N–H and O–H groups in total. The molecule has 2 aromatic carbocycles. The first-order valence-corrected chi connectivity index (χ1v) is 7.28. The van der Waals surface area contributed by atoms with Crippen molar-refractivity contribution in [3.63, 3.8) is 0 Å². The minimum absolute atomic E-state index is 0.186. The van der Waals surface area contributed by atoms with E-state index >= 15 is 0 Å². The molecule has 0 aliphatic rings. The van der Waals surface area contributed by atoms with Gasteiger partial charge in [0.25, 0.3) is 5.91 Å². The number of carbonyl (C=O) groups excluding carboxylic acids is 1. The normalized spacial score (nSPS) is 11.8. The highest BCUT2D eigenvalue weighted by molar-refractivity contribution is 6.30. The van der Waals surface area contributed by atoms with Crippen molar-refractivity contribution in [3.8, 4) is 5.75 Å². The van der Waals surface area contributed by atoms with E-state index in [1.165, 1.54) is 5.56 Å². The van der Waals surface area contributed by atoms with Gasteiger partial charge in [-0.1, -0.05) is 30.7 Å². The highest BCUT2D eigenvalue weighted by Gasteiger charge is 2.14. The Kier molecular flexibility index (Phi) is 5.23. The third-order valence-electron chi connectivity index (χ3n) is 3.13. The van der Waals surface area contributed by atoms with Gasteiger partial charge < -0.3 is 10.1 Å². The Balaban J connectivity index is 1.93. The predicted molar refractivity (Wildman–Crippen MR) is 86.0 cm³/mol. The average molecular weight is 304 g/mol. The van der Waals surface area contributed by atoms with Gasteiger partial charge >= 0.3 is 0 Å². The van der Waals surface area contributed by atoms with Crippen LogP contribution in [0.25, 0.3) is 0 Å². The number of ether oxygens (including phenoxy) is 1. The summed E-state index contributed by atoms with van der Waals surface area (Å²) in [7, 11) is 0. The first kappa shape index (κ1) is 15.4. The molecule has 2 aromatic rings. The molecule has 4 heteroatoms. The third kappa shape index (κ3) is 4.50. The number of nitrogens with one attached hydrogen (secondary N) is 1. The van der Waals surface area contributed by atoms with Crippen LogP contribution in [0.15, 0.2) is 48.5 Å². The number of rotatable bonds is 5. The number of anilines is 1. The Bertz CT molecular complexity index is 593. The van der Waals surface area contributed by atoms with E-state index in [0.717, 1.165) is 12.1 Å². The monoisotopic (exact) mass is 303 g/mol. The van der Waals surface area contributed by atoms with Gasteiger partial charge in [-0.25, -0.2) is 0 Å². The van der Waals surface area contributed by atoms with Gasteiger partial charge in [-0.2, -0.15) is 0 Å². The number of aryl methyl sites for hydroxylation is 1. The molecule has 0 heterocycles. The van der Waals surface area contributed by atoms with Crippen LogP contribution >= 0.6 is 11.6 Å². The van der Waals surface area contributed by atoms with Crippen molar-refractivity contribution in [1.82, 2.24) is 0 Å². The lowest BCUT2D eigenvalue weighted by atomic mass is 10.1. The van der Waals surface area contributed by atoms with E-state index in [1.54, 1.807) is 31.2 Å². The maximum atomic E-state index is 12.1. The van der Waals surface area contributed by atoms with Crippen molar-refractivity contribution in [2.45, 2.75) is 26.4 Å². The SMILES string of the molecule is CCc1ccc(NC(=O)C(C)Oc2ccc(Cl)cc2)cc1. The van der Waals surface area contributed by atoms with Crippen LogP contribution < -0.4 is 10.1 Å². The highest BCUT2D eigenvalue weighted by Crippen LogP contribution is 2.17. The lowest BCUT2D eigenvalue weighted by molar-refractivity contribution is -0.122. The topological polar surface area (TPSA) is 38.3 Å². The Hall–Kier alpha value is -2.00. The standard InChI is InChI=1S/C17H18ClNO2/c1-3-13-4-8-15(9-5-13)19-17(20)12(2)21-16-10-6-14(18)7-11-16/h4-12H,3H2,1-2H3,(H,19,20). The zero-order valence-corrected chi connectivity index (χ0v) is 12.9. The van der Waals surface area contributed by atoms with Gasteiger partial charge in [-0.05, 0) is 55.3 Å². The van der Waals surface area contributed by atoms with E-state index in [-0.39, 0.29) is 5.91 Å². The summed E-state index contributed by atoms with van der Waals surface area (Å²) in [4.78, 5) is 12.1. The second-order valence-corrected chi connectivity index (χ2v) is 5.19. The molecule has 0 aliphatic carbocycles. The summed E-state index contributed by atoms with van der Waals surface area (Å²) < 4.78 is 5.58. The van der Waals surface area contributed by atoms with Gasteiger partial charge in [0.15, 0.2) is 6.10 Å². The van der Waals surface area contributed by atoms with Crippen LogP contribution in [0.1, 0.15) is 19.4 Å². The third-order valence-corrected chi connectivity index (χ3v) is 3.38. The summed E-state index contributed by atoms with van der Waals surface area (Å²) in [5.74, 6) is 0.428. The summed E-state index contributed by atoms with van der Waals surface area (Å²) in [6.45, 7) is 3.81. The number of hydrogen-bond acceptors (Lipinski definition) is 2. The molecular weight excluding hydrogens is 286 g/mol. The molecule has 0 saturated heterocycles. The van der Waals surface area contributed by atoms with Crippen molar-refractivity contribution in [1.29, 1.82) is 0 Å². The van der Waals surface area contributed by atoms with Crippen LogP contribution in [0.5, 0.6) is 5.75 Å². The number of amides is 1. The molecule has 1 unspecified atom stereocenters. The zero-order chi connectivity index (χ0) is 15.2. The average Bonchev–Trinajstić information content (AvgIpc) is 2.50. The van der Waals surface area contributed by atoms with E-state index in [0.29, 0.717) is 10.8 Å². The predicted octanol–water partition coefficient (Wildman–Crippen LogP) is 4.31. The number of benzene rings is 2. The Labute approximate surface area is 129 Å². The summed E-state index contributed by atoms with van der Waals surface area (Å²) in [6, 6.07) is 14.7. The van der Waals surface area contributed by atoms with Crippen molar-refractivity contribution in [2.75, 3.05) is 5.32 Å². The van der Waals surface area contributed by atoms with Crippen molar-refractivity contribution in [3.05, 3.63) is 59.1 Å². The van der Waals surface area contributed by atoms with Crippen molar-refractivity contribution >= 4 is 23.2 Å². The van der Waals surface area contributed by atoms with Crippen LogP contribution in [-0.4, -0.2) is 12.0 Å². The van der Waals surface area contributed by atoms with Crippen LogP contribution in [0.2, 0.25) is 5.02 Å². The molecule has 0 bridgehead atoms. The van der Waals surface area contributed by atoms with Gasteiger partial charge in [0, 0.05) is 10.7 Å². The maximum absolute atomic E-state index is 12.1. The fourth-order valence-corrected chi connectivity index (χ4v) is 1.96. The number of carbonyl (C=O) groups is 1. The lowest BCUT2D eigenvalue weighted by Gasteiger charge is -2.15. The molecular formula is C17H18ClNO2. The fraction of sp³-hybridized carbons (Fsp3) is 0.235. The Morgan fingerprint density at radius 3 is 2.33 bits per heavy atom. The molecule has 0 spiro atoms. The molecule has 0 aromatic heterocycles. The number of halogens is 1. The molecule has 2 rings (SSSR count). The summed E-state index contributed by atoms with van der Waals surface area (Å²) in [6.07, 6.45) is 0.390. The lowest BCUT2D eigenvalue weighted by Crippen LogP contribution is -2.30. The molecule has 21 heavy (non-hydrogen) atoms. The van der Waals surface area contributed by atoms with E-state index in [1.807, 2.05) is 24.3 Å². The van der Waals surface area contributed by atoms with Gasteiger partial charge in [-0.3, -0.25) is 4.79 Å². The first-order valence-electron chi connectivity index (χ1n) is 6.90. The van der Waals surface area contributed by atoms with Crippen LogP contribution in [0, 0.1) is 0 Å². The minimum atomic E-state index is -0.586. The molecule has 1 amide bonds. The van der Waals surface area contributed by atoms with Crippen molar-refractivity contribution < 1.29 is 9.53 Å². The van der Waals surface area contributed by atoms with Crippen LogP contribution in [0.3, 0.4) is 0 Å². The van der Waals surface area contributed by atoms with Crippen molar-refractivity contribution in [2.24, 2.45) is 0 Å². The minimum Gasteiger partial charge on any atom is -0.481 e. The summed E-state index contributed by atoms with van der Waals surface area (Å²) >= 11 is 5.81. The summed E-state index contributed by atoms with van der Waals surface area (Å²) in [5.41, 5.74) is 2.00. The molecule has 110 valence electrons. The van der Waals surface area contributed by atoms with E-state index < -0.39 is 6.10 Å². The molecule has 0 fully saturated rings. The highest BCUT2D eigenvalue weighted by atomic mass is 35.5. The van der Waals surface area contributed by atoms with Gasteiger partial charge in [0.05, 0.1) is 0 Å². The molecule has 1 atom stereocenters. The van der Waals surface area contributed by atoms with Gasteiger partial charge in [0.1, 0.15) is 5.75 Å². The smallest absolute Gasteiger partial charge is 0.265 e. The molecule has 0 saturated carbocycles. The zero-order valence-electron chi connectivity index (χ0n) is 12.1. The largest absolute Gasteiger partial charge is 0.481 e. The van der Waals surface area contributed by atoms with Gasteiger partial charge in [-0.15, -0.1) is 0 Å². The quantitative estimate of drug-likeness (QED) is 0.894. The Morgan fingerprint density at radius 2 is 1.76 bits per heavy atom. The molecule has 3 nitrogen and oxygen atoms in total. The van der Waals surface area contributed by atoms with Crippen LogP contribution in [0.4, 0.5) is 5.69 Å². The Morgan fingerprint density at radius 1 is 1.14 bits per heavy atom. The maximum Gasteiger partial charge on any atom is 0.265 e. The molecule has 0 aliphatic heterocycles. The van der Waals surface area contributed by atoms with Crippen LogP contribution in [-0.2, 0) is 11.2 Å². The first-order chi connectivity index (χ1) is 10.1. The fourth-order valence-electron chi connectivity index (χ4n) is 1.84. The number of hydrogen-bond donors (Lipinski definition) is 1. The van der Waals surface area contributed by atoms with E-state index in [4.69, 9.17) is 16.3 Å². The van der Waals surface area contributed by atoms with Gasteiger partial charge in [0.2, 0.25) is 0 Å². The molecule has 0 radical (unpaired) electrons. The van der Waals surface area contributed by atoms with E-state index in [9.17, 15) is 4.79 Å².